The van der Waals surface area contributed by atoms with E-state index in [2.05, 4.69) is 22.4 Å². The zero-order chi connectivity index (χ0) is 10.4. The molecule has 74 valence electrons. The van der Waals surface area contributed by atoms with Crippen molar-refractivity contribution in [3.05, 3.63) is 35.3 Å². The highest BCUT2D eigenvalue weighted by atomic mass is 15.0. The lowest BCUT2D eigenvalue weighted by Gasteiger charge is -1.96. The molecule has 0 radical (unpaired) electrons. The standard InChI is InChI=1S/C12H11N3/c1-8-12(10-2-3-10)14-11-6-9(7-13)4-5-15(8)11/h4-6,10H,2-3H2,1H3. The van der Waals surface area contributed by atoms with Crippen LogP contribution in [0.3, 0.4) is 0 Å². The number of hydrogen-bond acceptors (Lipinski definition) is 2. The molecule has 3 heteroatoms. The van der Waals surface area contributed by atoms with Crippen LogP contribution in [0.5, 0.6) is 0 Å². The van der Waals surface area contributed by atoms with E-state index >= 15 is 0 Å². The molecule has 1 aliphatic carbocycles. The second kappa shape index (κ2) is 2.83. The van der Waals surface area contributed by atoms with Gasteiger partial charge in [0.25, 0.3) is 0 Å². The topological polar surface area (TPSA) is 41.1 Å². The molecule has 0 aliphatic heterocycles. The Hall–Kier alpha value is -1.82. The minimum Gasteiger partial charge on any atom is -0.304 e. The van der Waals surface area contributed by atoms with Crippen LogP contribution in [-0.2, 0) is 0 Å². The van der Waals surface area contributed by atoms with Crippen molar-refractivity contribution in [2.45, 2.75) is 25.7 Å². The molecule has 0 unspecified atom stereocenters. The van der Waals surface area contributed by atoms with E-state index in [9.17, 15) is 0 Å². The van der Waals surface area contributed by atoms with Crippen LogP contribution in [0.4, 0.5) is 0 Å². The molecule has 0 N–H and O–H groups in total. The first-order valence-electron chi connectivity index (χ1n) is 5.18. The van der Waals surface area contributed by atoms with E-state index in [4.69, 9.17) is 5.26 Å². The van der Waals surface area contributed by atoms with E-state index in [1.54, 1.807) is 0 Å². The Labute approximate surface area is 88.0 Å². The third kappa shape index (κ3) is 1.22. The van der Waals surface area contributed by atoms with E-state index in [-0.39, 0.29) is 0 Å². The summed E-state index contributed by atoms with van der Waals surface area (Å²) < 4.78 is 2.06. The molecular formula is C12H11N3. The van der Waals surface area contributed by atoms with Crippen LogP contribution in [-0.4, -0.2) is 9.38 Å². The number of fused-ring (bicyclic) bond motifs is 1. The molecule has 0 bridgehead atoms. The largest absolute Gasteiger partial charge is 0.304 e. The lowest BCUT2D eigenvalue weighted by Crippen LogP contribution is -1.88. The van der Waals surface area contributed by atoms with Crippen LogP contribution >= 0.6 is 0 Å². The van der Waals surface area contributed by atoms with Crippen molar-refractivity contribution in [1.29, 1.82) is 5.26 Å². The first-order valence-corrected chi connectivity index (χ1v) is 5.18. The molecule has 3 rings (SSSR count). The van der Waals surface area contributed by atoms with Crippen LogP contribution in [0.15, 0.2) is 18.3 Å². The van der Waals surface area contributed by atoms with Crippen LogP contribution < -0.4 is 0 Å². The highest BCUT2D eigenvalue weighted by Gasteiger charge is 2.28. The number of aromatic nitrogens is 2. The number of aryl methyl sites for hydroxylation is 1. The first-order chi connectivity index (χ1) is 7.29. The zero-order valence-electron chi connectivity index (χ0n) is 8.57. The fourth-order valence-electron chi connectivity index (χ4n) is 2.00. The minimum absolute atomic E-state index is 0.662. The molecule has 0 atom stereocenters. The molecule has 0 aromatic carbocycles. The van der Waals surface area contributed by atoms with Gasteiger partial charge < -0.3 is 4.40 Å². The van der Waals surface area contributed by atoms with E-state index < -0.39 is 0 Å². The molecular weight excluding hydrogens is 186 g/mol. The fourth-order valence-corrected chi connectivity index (χ4v) is 2.00. The van der Waals surface area contributed by atoms with Crippen molar-refractivity contribution in [1.82, 2.24) is 9.38 Å². The lowest BCUT2D eigenvalue weighted by molar-refractivity contribution is 1.01. The van der Waals surface area contributed by atoms with Crippen molar-refractivity contribution in [3.63, 3.8) is 0 Å². The van der Waals surface area contributed by atoms with Crippen LogP contribution in [0.2, 0.25) is 0 Å². The Morgan fingerprint density at radius 3 is 3.00 bits per heavy atom. The quantitative estimate of drug-likeness (QED) is 0.704. The smallest absolute Gasteiger partial charge is 0.138 e. The van der Waals surface area contributed by atoms with Crippen LogP contribution in [0, 0.1) is 18.3 Å². The maximum absolute atomic E-state index is 8.81. The maximum Gasteiger partial charge on any atom is 0.138 e. The van der Waals surface area contributed by atoms with Crippen molar-refractivity contribution in [2.75, 3.05) is 0 Å². The first kappa shape index (κ1) is 8.49. The summed E-state index contributed by atoms with van der Waals surface area (Å²) in [7, 11) is 0. The van der Waals surface area contributed by atoms with Gasteiger partial charge in [-0.05, 0) is 31.9 Å². The molecule has 2 aromatic rings. The van der Waals surface area contributed by atoms with Crippen molar-refractivity contribution in [2.24, 2.45) is 0 Å². The normalized spacial score (nSPS) is 15.5. The number of hydrogen-bond donors (Lipinski definition) is 0. The number of nitrogens with zero attached hydrogens (tertiary/aromatic N) is 3. The zero-order valence-corrected chi connectivity index (χ0v) is 8.57. The summed E-state index contributed by atoms with van der Waals surface area (Å²) in [5, 5.41) is 8.81. The van der Waals surface area contributed by atoms with E-state index in [0.29, 0.717) is 11.5 Å². The molecule has 1 fully saturated rings. The van der Waals surface area contributed by atoms with Gasteiger partial charge in [0.05, 0.1) is 17.3 Å². The number of rotatable bonds is 1. The number of pyridine rings is 1. The van der Waals surface area contributed by atoms with Gasteiger partial charge in [-0.1, -0.05) is 0 Å². The Bertz CT molecular complexity index is 570. The van der Waals surface area contributed by atoms with Gasteiger partial charge in [-0.25, -0.2) is 4.98 Å². The molecule has 1 aliphatic rings. The average molecular weight is 197 g/mol. The third-order valence-corrected chi connectivity index (χ3v) is 2.99. The second-order valence-corrected chi connectivity index (χ2v) is 4.11. The van der Waals surface area contributed by atoms with Crippen molar-refractivity contribution >= 4 is 5.65 Å². The summed E-state index contributed by atoms with van der Waals surface area (Å²) in [6.07, 6.45) is 4.45. The predicted octanol–water partition coefficient (Wildman–Crippen LogP) is 2.39. The third-order valence-electron chi connectivity index (χ3n) is 2.99. The molecule has 0 amide bonds. The fraction of sp³-hybridized carbons (Fsp3) is 0.333. The molecule has 2 heterocycles. The van der Waals surface area contributed by atoms with Crippen LogP contribution in [0.1, 0.15) is 35.7 Å². The van der Waals surface area contributed by atoms with Gasteiger partial charge in [-0.15, -0.1) is 0 Å². The van der Waals surface area contributed by atoms with Gasteiger partial charge in [0.1, 0.15) is 5.65 Å². The highest BCUT2D eigenvalue weighted by Crippen LogP contribution is 2.41. The van der Waals surface area contributed by atoms with Gasteiger partial charge in [-0.2, -0.15) is 5.26 Å². The van der Waals surface area contributed by atoms with Gasteiger partial charge in [-0.3, -0.25) is 0 Å². The highest BCUT2D eigenvalue weighted by molar-refractivity contribution is 5.49. The lowest BCUT2D eigenvalue weighted by atomic mass is 10.2. The minimum atomic E-state index is 0.662. The van der Waals surface area contributed by atoms with E-state index in [1.807, 2.05) is 18.3 Å². The van der Waals surface area contributed by atoms with Crippen molar-refractivity contribution in [3.8, 4) is 6.07 Å². The SMILES string of the molecule is Cc1c(C2CC2)nc2cc(C#N)ccn12. The maximum atomic E-state index is 8.81. The summed E-state index contributed by atoms with van der Waals surface area (Å²) >= 11 is 0. The van der Waals surface area contributed by atoms with E-state index in [1.165, 1.54) is 24.2 Å². The van der Waals surface area contributed by atoms with Crippen molar-refractivity contribution < 1.29 is 0 Å². The Balaban J connectivity index is 2.26. The number of imidazole rings is 1. The second-order valence-electron chi connectivity index (χ2n) is 4.11. The Morgan fingerprint density at radius 2 is 2.33 bits per heavy atom. The van der Waals surface area contributed by atoms with Gasteiger partial charge in [0, 0.05) is 17.8 Å². The molecule has 2 aromatic heterocycles. The Kier molecular flexibility index (Phi) is 1.60. The summed E-state index contributed by atoms with van der Waals surface area (Å²) in [5.41, 5.74) is 4.00. The summed E-state index contributed by atoms with van der Waals surface area (Å²) in [5.74, 6) is 0.662. The predicted molar refractivity (Wildman–Crippen MR) is 56.6 cm³/mol. The monoisotopic (exact) mass is 197 g/mol. The van der Waals surface area contributed by atoms with Gasteiger partial charge in [0.2, 0.25) is 0 Å². The van der Waals surface area contributed by atoms with Crippen LogP contribution in [0.25, 0.3) is 5.65 Å². The average Bonchev–Trinajstić information content (AvgIpc) is 3.04. The molecule has 3 nitrogen and oxygen atoms in total. The summed E-state index contributed by atoms with van der Waals surface area (Å²) in [4.78, 5) is 4.59. The van der Waals surface area contributed by atoms with E-state index in [0.717, 1.165) is 5.65 Å². The molecule has 0 spiro atoms. The summed E-state index contributed by atoms with van der Waals surface area (Å²) in [6.45, 7) is 2.10. The Morgan fingerprint density at radius 1 is 1.53 bits per heavy atom. The molecule has 0 saturated heterocycles. The summed E-state index contributed by atoms with van der Waals surface area (Å²) in [6, 6.07) is 5.82. The molecule has 1 saturated carbocycles. The molecule has 15 heavy (non-hydrogen) atoms. The van der Waals surface area contributed by atoms with Gasteiger partial charge in [0.15, 0.2) is 0 Å². The number of nitriles is 1. The van der Waals surface area contributed by atoms with Gasteiger partial charge >= 0.3 is 0 Å².